The van der Waals surface area contributed by atoms with E-state index in [1.165, 1.54) is 15.6 Å². The molecule has 1 aromatic carbocycles. The molecule has 0 bridgehead atoms. The predicted molar refractivity (Wildman–Crippen MR) is 94.9 cm³/mol. The number of aromatic nitrogens is 4. The molecule has 0 aliphatic heterocycles. The maximum atomic E-state index is 12.3. The maximum Gasteiger partial charge on any atom is 0.277 e. The second kappa shape index (κ2) is 7.29. The van der Waals surface area contributed by atoms with Gasteiger partial charge in [0, 0.05) is 13.2 Å². The Kier molecular flexibility index (Phi) is 4.91. The van der Waals surface area contributed by atoms with Crippen LogP contribution in [0.5, 0.6) is 5.75 Å². The fourth-order valence-corrected chi connectivity index (χ4v) is 2.42. The molecule has 2 heterocycles. The predicted octanol–water partition coefficient (Wildman–Crippen LogP) is 2.74. The van der Waals surface area contributed by atoms with Gasteiger partial charge in [0.25, 0.3) is 5.91 Å². The Balaban J connectivity index is 1.67. The summed E-state index contributed by atoms with van der Waals surface area (Å²) in [4.78, 5) is 12.3. The summed E-state index contributed by atoms with van der Waals surface area (Å²) < 4.78 is 8.53. The summed E-state index contributed by atoms with van der Waals surface area (Å²) in [6.07, 6.45) is 3.00. The molecule has 3 rings (SSSR count). The van der Waals surface area contributed by atoms with Crippen molar-refractivity contribution in [1.82, 2.24) is 19.6 Å². The number of hydrogen-bond donors (Lipinski definition) is 1. The molecule has 0 saturated heterocycles. The average Bonchev–Trinajstić information content (AvgIpc) is 3.23. The molecule has 0 radical (unpaired) electrons. The summed E-state index contributed by atoms with van der Waals surface area (Å²) in [5.41, 5.74) is 1.49. The van der Waals surface area contributed by atoms with E-state index in [1.54, 1.807) is 25.4 Å². The molecule has 26 heavy (non-hydrogen) atoms. The normalized spacial score (nSPS) is 10.4. The zero-order chi connectivity index (χ0) is 18.7. The average molecular weight is 371 g/mol. The number of hydrogen-bond acceptors (Lipinski definition) is 5. The topological polar surface area (TPSA) is 97.8 Å². The summed E-state index contributed by atoms with van der Waals surface area (Å²) >= 11 is 6.09. The summed E-state index contributed by atoms with van der Waals surface area (Å²) in [5, 5.41) is 20.3. The van der Waals surface area contributed by atoms with Crippen LogP contribution in [0.25, 0.3) is 0 Å². The molecule has 2 aromatic heterocycles. The molecule has 0 spiro atoms. The van der Waals surface area contributed by atoms with Crippen molar-refractivity contribution in [3.05, 3.63) is 58.5 Å². The number of anilines is 1. The van der Waals surface area contributed by atoms with E-state index in [4.69, 9.17) is 21.6 Å². The number of carbonyl (C=O) groups is 1. The van der Waals surface area contributed by atoms with E-state index < -0.39 is 5.91 Å². The molecule has 0 aliphatic carbocycles. The van der Waals surface area contributed by atoms with Gasteiger partial charge in [-0.1, -0.05) is 17.7 Å². The Bertz CT molecular complexity index is 1000. The third-order valence-corrected chi connectivity index (χ3v) is 3.92. The summed E-state index contributed by atoms with van der Waals surface area (Å²) in [6.45, 7) is 2.04. The lowest BCUT2D eigenvalue weighted by atomic mass is 10.2. The number of halogens is 1. The van der Waals surface area contributed by atoms with Gasteiger partial charge in [0.15, 0.2) is 12.4 Å². The summed E-state index contributed by atoms with van der Waals surface area (Å²) in [6, 6.07) is 9.00. The van der Waals surface area contributed by atoms with Gasteiger partial charge in [-0.15, -0.1) is 0 Å². The van der Waals surface area contributed by atoms with Gasteiger partial charge in [-0.2, -0.15) is 15.5 Å². The van der Waals surface area contributed by atoms with Crippen molar-refractivity contribution in [1.29, 1.82) is 5.26 Å². The third-order valence-electron chi connectivity index (χ3n) is 3.60. The number of nitrogens with one attached hydrogen (secondary N) is 1. The molecule has 9 heteroatoms. The first-order valence-corrected chi connectivity index (χ1v) is 8.01. The molecule has 8 nitrogen and oxygen atoms in total. The van der Waals surface area contributed by atoms with Gasteiger partial charge in [0.05, 0.1) is 11.2 Å². The molecule has 0 saturated carbocycles. The fourth-order valence-electron chi connectivity index (χ4n) is 2.25. The van der Waals surface area contributed by atoms with Crippen LogP contribution in [0.3, 0.4) is 0 Å². The van der Waals surface area contributed by atoms with E-state index in [-0.39, 0.29) is 18.0 Å². The SMILES string of the molecule is Cc1ccc(Cl)c(OCn2ccc(C(=O)Nc3c(C#N)cnn3C)n2)c1. The summed E-state index contributed by atoms with van der Waals surface area (Å²) in [5.74, 6) is 0.411. The van der Waals surface area contributed by atoms with Crippen molar-refractivity contribution in [2.24, 2.45) is 7.05 Å². The number of carbonyl (C=O) groups excluding carboxylic acids is 1. The van der Waals surface area contributed by atoms with Crippen LogP contribution in [0.1, 0.15) is 21.6 Å². The molecule has 0 fully saturated rings. The van der Waals surface area contributed by atoms with Gasteiger partial charge in [0.1, 0.15) is 23.2 Å². The van der Waals surface area contributed by atoms with E-state index in [1.807, 2.05) is 25.1 Å². The lowest BCUT2D eigenvalue weighted by Crippen LogP contribution is -2.17. The van der Waals surface area contributed by atoms with Crippen LogP contribution in [0.15, 0.2) is 36.7 Å². The van der Waals surface area contributed by atoms with Crippen molar-refractivity contribution < 1.29 is 9.53 Å². The van der Waals surface area contributed by atoms with E-state index in [0.717, 1.165) is 5.56 Å². The Morgan fingerprint density at radius 1 is 1.42 bits per heavy atom. The van der Waals surface area contributed by atoms with Crippen LogP contribution in [-0.4, -0.2) is 25.5 Å². The van der Waals surface area contributed by atoms with Crippen LogP contribution < -0.4 is 10.1 Å². The quantitative estimate of drug-likeness (QED) is 0.744. The molecule has 1 N–H and O–H groups in total. The zero-order valence-electron chi connectivity index (χ0n) is 14.1. The lowest BCUT2D eigenvalue weighted by Gasteiger charge is -2.08. The van der Waals surface area contributed by atoms with Gasteiger partial charge < -0.3 is 10.1 Å². The molecule has 1 amide bonds. The highest BCUT2D eigenvalue weighted by Gasteiger charge is 2.15. The van der Waals surface area contributed by atoms with Crippen molar-refractivity contribution in [3.63, 3.8) is 0 Å². The van der Waals surface area contributed by atoms with Crippen molar-refractivity contribution in [3.8, 4) is 11.8 Å². The van der Waals surface area contributed by atoms with Crippen LogP contribution >= 0.6 is 11.6 Å². The number of ether oxygens (including phenoxy) is 1. The lowest BCUT2D eigenvalue weighted by molar-refractivity contribution is 0.101. The standard InChI is InChI=1S/C17H15ClN6O2/c1-11-3-4-13(18)15(7-11)26-10-24-6-5-14(22-24)17(25)21-16-12(8-19)9-20-23(16)2/h3-7,9H,10H2,1-2H3,(H,21,25). The van der Waals surface area contributed by atoms with Gasteiger partial charge in [-0.25, -0.2) is 4.68 Å². The molecular formula is C17H15ClN6O2. The molecule has 0 atom stereocenters. The van der Waals surface area contributed by atoms with E-state index in [0.29, 0.717) is 16.6 Å². The number of nitrogens with zero attached hydrogens (tertiary/aromatic N) is 5. The van der Waals surface area contributed by atoms with Crippen LogP contribution in [0, 0.1) is 18.3 Å². The largest absolute Gasteiger partial charge is 0.470 e. The van der Waals surface area contributed by atoms with Crippen molar-refractivity contribution in [2.45, 2.75) is 13.7 Å². The zero-order valence-corrected chi connectivity index (χ0v) is 14.9. The van der Waals surface area contributed by atoms with Crippen molar-refractivity contribution >= 4 is 23.3 Å². The highest BCUT2D eigenvalue weighted by Crippen LogP contribution is 2.25. The minimum atomic E-state index is -0.447. The first kappa shape index (κ1) is 17.5. The van der Waals surface area contributed by atoms with Gasteiger partial charge in [0.2, 0.25) is 0 Å². The second-order valence-electron chi connectivity index (χ2n) is 5.54. The van der Waals surface area contributed by atoms with Gasteiger partial charge >= 0.3 is 0 Å². The molecule has 132 valence electrons. The third kappa shape index (κ3) is 3.68. The van der Waals surface area contributed by atoms with E-state index in [9.17, 15) is 4.79 Å². The van der Waals surface area contributed by atoms with Crippen molar-refractivity contribution in [2.75, 3.05) is 5.32 Å². The highest BCUT2D eigenvalue weighted by molar-refractivity contribution is 6.32. The summed E-state index contributed by atoms with van der Waals surface area (Å²) in [7, 11) is 1.63. The van der Waals surface area contributed by atoms with Gasteiger partial charge in [-0.05, 0) is 30.7 Å². The Labute approximate surface area is 154 Å². The Morgan fingerprint density at radius 2 is 2.23 bits per heavy atom. The van der Waals surface area contributed by atoms with Gasteiger partial charge in [-0.3, -0.25) is 9.48 Å². The number of amides is 1. The monoisotopic (exact) mass is 370 g/mol. The molecular weight excluding hydrogens is 356 g/mol. The van der Waals surface area contributed by atoms with E-state index in [2.05, 4.69) is 15.5 Å². The maximum absolute atomic E-state index is 12.3. The minimum absolute atomic E-state index is 0.103. The molecule has 3 aromatic rings. The van der Waals surface area contributed by atoms with Crippen LogP contribution in [0.2, 0.25) is 5.02 Å². The number of rotatable bonds is 5. The van der Waals surface area contributed by atoms with Crippen LogP contribution in [-0.2, 0) is 13.8 Å². The smallest absolute Gasteiger partial charge is 0.277 e. The minimum Gasteiger partial charge on any atom is -0.470 e. The van der Waals surface area contributed by atoms with E-state index >= 15 is 0 Å². The molecule has 0 aliphatic rings. The number of nitriles is 1. The number of aryl methyl sites for hydroxylation is 2. The first-order valence-electron chi connectivity index (χ1n) is 7.64. The highest BCUT2D eigenvalue weighted by atomic mass is 35.5. The number of benzene rings is 1. The van der Waals surface area contributed by atoms with Crippen LogP contribution in [0.4, 0.5) is 5.82 Å². The Morgan fingerprint density at radius 3 is 3.00 bits per heavy atom. The second-order valence-corrected chi connectivity index (χ2v) is 5.95. The first-order chi connectivity index (χ1) is 12.5. The Hall–Kier alpha value is -3.31. The molecule has 0 unspecified atom stereocenters. The fraction of sp³-hybridized carbons (Fsp3) is 0.176.